The van der Waals surface area contributed by atoms with Crippen LogP contribution in [0.1, 0.15) is 46.3 Å². The van der Waals surface area contributed by atoms with Gasteiger partial charge in [-0.05, 0) is 55.5 Å². The third-order valence-corrected chi connectivity index (χ3v) is 5.89. The highest BCUT2D eigenvalue weighted by Gasteiger charge is 2.64. The van der Waals surface area contributed by atoms with E-state index in [4.69, 9.17) is 4.84 Å². The summed E-state index contributed by atoms with van der Waals surface area (Å²) in [6.07, 6.45) is 0. The number of hydrogen-bond acceptors (Lipinski definition) is 2. The van der Waals surface area contributed by atoms with E-state index in [1.807, 2.05) is 0 Å². The molecule has 2 heteroatoms. The Kier molecular flexibility index (Phi) is 3.22. The van der Waals surface area contributed by atoms with Crippen molar-refractivity contribution in [3.63, 3.8) is 0 Å². The number of hydroxylamine groups is 2. The molecule has 0 saturated carbocycles. The normalized spacial score (nSPS) is 19.9. The lowest BCUT2D eigenvalue weighted by atomic mass is 9.93. The van der Waals surface area contributed by atoms with Crippen molar-refractivity contribution in [2.75, 3.05) is 0 Å². The number of fused-ring (bicyclic) bond motifs is 5. The van der Waals surface area contributed by atoms with Crippen LogP contribution in [0.4, 0.5) is 0 Å². The fourth-order valence-corrected chi connectivity index (χ4v) is 4.95. The summed E-state index contributed by atoms with van der Waals surface area (Å²) in [6.45, 7) is 8.83. The number of nitrogens with zero attached hydrogens (tertiary/aromatic N) is 1. The van der Waals surface area contributed by atoms with Crippen LogP contribution in [0.5, 0.6) is 0 Å². The zero-order chi connectivity index (χ0) is 18.1. The van der Waals surface area contributed by atoms with Gasteiger partial charge in [0.05, 0.1) is 6.04 Å². The van der Waals surface area contributed by atoms with Crippen molar-refractivity contribution >= 4 is 0 Å². The third kappa shape index (κ3) is 1.94. The first-order chi connectivity index (χ1) is 12.5. The van der Waals surface area contributed by atoms with Crippen LogP contribution in [-0.2, 0) is 10.6 Å². The van der Waals surface area contributed by atoms with Crippen LogP contribution in [0.2, 0.25) is 0 Å². The van der Waals surface area contributed by atoms with Crippen LogP contribution in [0.3, 0.4) is 0 Å². The second kappa shape index (κ2) is 5.29. The van der Waals surface area contributed by atoms with E-state index in [1.165, 1.54) is 44.5 Å². The molecule has 1 saturated heterocycles. The maximum Gasteiger partial charge on any atom is 0.217 e. The van der Waals surface area contributed by atoms with Gasteiger partial charge in [0.15, 0.2) is 0 Å². The van der Waals surface area contributed by atoms with Gasteiger partial charge in [0.2, 0.25) is 5.72 Å². The number of rotatable bonds is 2. The molecule has 26 heavy (non-hydrogen) atoms. The van der Waals surface area contributed by atoms with Crippen LogP contribution in [-0.4, -0.2) is 5.06 Å². The van der Waals surface area contributed by atoms with Gasteiger partial charge in [-0.3, -0.25) is 4.84 Å². The van der Waals surface area contributed by atoms with Gasteiger partial charge in [0.25, 0.3) is 0 Å². The Balaban J connectivity index is 1.64. The fraction of sp³-hybridized carbons (Fsp3) is 0.250. The number of aryl methyl sites for hydroxylation is 3. The average Bonchev–Trinajstić information content (AvgIpc) is 3.30. The topological polar surface area (TPSA) is 15.5 Å². The Morgan fingerprint density at radius 1 is 0.808 bits per heavy atom. The molecule has 1 fully saturated rings. The predicted octanol–water partition coefficient (Wildman–Crippen LogP) is 5.80. The molecule has 2 atom stereocenters. The molecule has 1 aliphatic heterocycles. The Bertz CT molecular complexity index is 967. The van der Waals surface area contributed by atoms with E-state index in [-0.39, 0.29) is 6.04 Å². The number of benzene rings is 3. The van der Waals surface area contributed by atoms with E-state index in [2.05, 4.69) is 93.4 Å². The van der Waals surface area contributed by atoms with Gasteiger partial charge in [-0.1, -0.05) is 66.2 Å². The molecule has 1 spiro atoms. The van der Waals surface area contributed by atoms with E-state index < -0.39 is 5.72 Å². The van der Waals surface area contributed by atoms with Gasteiger partial charge in [0, 0.05) is 11.1 Å². The lowest BCUT2D eigenvalue weighted by Gasteiger charge is -2.20. The van der Waals surface area contributed by atoms with Crippen molar-refractivity contribution < 1.29 is 4.84 Å². The van der Waals surface area contributed by atoms with Gasteiger partial charge in [-0.2, -0.15) is 0 Å². The van der Waals surface area contributed by atoms with Crippen molar-refractivity contribution in [3.05, 3.63) is 94.0 Å². The lowest BCUT2D eigenvalue weighted by Crippen LogP contribution is -2.19. The standard InChI is InChI=1S/C24H23NO/c1-15-13-16(2)23(17(3)14-15)18(4)25-24(26-25)21-11-7-5-9-19(21)20-10-6-8-12-22(20)24/h5-14,18H,1-4H3. The van der Waals surface area contributed by atoms with E-state index in [1.54, 1.807) is 0 Å². The maximum absolute atomic E-state index is 6.41. The summed E-state index contributed by atoms with van der Waals surface area (Å²) in [4.78, 5) is 6.41. The molecule has 2 unspecified atom stereocenters. The molecule has 0 bridgehead atoms. The van der Waals surface area contributed by atoms with E-state index >= 15 is 0 Å². The molecule has 0 amide bonds. The Labute approximate surface area is 155 Å². The highest BCUT2D eigenvalue weighted by molar-refractivity contribution is 5.80. The Morgan fingerprint density at radius 2 is 1.31 bits per heavy atom. The molecular formula is C24H23NO. The molecule has 3 aromatic carbocycles. The zero-order valence-electron chi connectivity index (χ0n) is 15.7. The van der Waals surface area contributed by atoms with Gasteiger partial charge in [-0.25, -0.2) is 0 Å². The van der Waals surface area contributed by atoms with Gasteiger partial charge in [0.1, 0.15) is 0 Å². The zero-order valence-corrected chi connectivity index (χ0v) is 15.7. The molecule has 3 aromatic rings. The van der Waals surface area contributed by atoms with Crippen molar-refractivity contribution in [2.45, 2.75) is 39.5 Å². The smallest absolute Gasteiger partial charge is 0.217 e. The predicted molar refractivity (Wildman–Crippen MR) is 105 cm³/mol. The SMILES string of the molecule is Cc1cc(C)c(C(C)N2OC23c2ccccc2-c2ccccc23)c(C)c1. The van der Waals surface area contributed by atoms with Crippen LogP contribution in [0.25, 0.3) is 11.1 Å². The summed E-state index contributed by atoms with van der Waals surface area (Å²) in [5, 5.41) is 2.18. The average molecular weight is 341 g/mol. The van der Waals surface area contributed by atoms with Crippen molar-refractivity contribution in [1.82, 2.24) is 5.06 Å². The largest absolute Gasteiger partial charge is 0.260 e. The van der Waals surface area contributed by atoms with Gasteiger partial charge >= 0.3 is 0 Å². The van der Waals surface area contributed by atoms with Crippen LogP contribution in [0, 0.1) is 20.8 Å². The molecule has 2 nitrogen and oxygen atoms in total. The summed E-state index contributed by atoms with van der Waals surface area (Å²) in [6, 6.07) is 22.0. The molecule has 5 rings (SSSR count). The third-order valence-electron chi connectivity index (χ3n) is 5.89. The molecule has 0 aromatic heterocycles. The Hall–Kier alpha value is -2.42. The highest BCUT2D eigenvalue weighted by Crippen LogP contribution is 2.62. The van der Waals surface area contributed by atoms with E-state index in [0.717, 1.165) is 0 Å². The molecular weight excluding hydrogens is 318 g/mol. The highest BCUT2D eigenvalue weighted by atomic mass is 16.9. The minimum atomic E-state index is -0.434. The van der Waals surface area contributed by atoms with Crippen LogP contribution >= 0.6 is 0 Å². The quantitative estimate of drug-likeness (QED) is 0.547. The first-order valence-electron chi connectivity index (χ1n) is 9.29. The second-order valence-corrected chi connectivity index (χ2v) is 7.64. The van der Waals surface area contributed by atoms with Crippen molar-refractivity contribution in [2.24, 2.45) is 0 Å². The maximum atomic E-state index is 6.41. The Morgan fingerprint density at radius 3 is 1.85 bits per heavy atom. The van der Waals surface area contributed by atoms with Gasteiger partial charge in [-0.15, -0.1) is 5.06 Å². The van der Waals surface area contributed by atoms with Crippen molar-refractivity contribution in [1.29, 1.82) is 0 Å². The summed E-state index contributed by atoms with van der Waals surface area (Å²) < 4.78 is 0. The second-order valence-electron chi connectivity index (χ2n) is 7.64. The minimum Gasteiger partial charge on any atom is -0.260 e. The van der Waals surface area contributed by atoms with E-state index in [0.29, 0.717) is 0 Å². The lowest BCUT2D eigenvalue weighted by molar-refractivity contribution is 0.154. The number of hydrogen-bond donors (Lipinski definition) is 0. The monoisotopic (exact) mass is 341 g/mol. The molecule has 0 radical (unpaired) electrons. The summed E-state index contributed by atoms with van der Waals surface area (Å²) in [7, 11) is 0. The summed E-state index contributed by atoms with van der Waals surface area (Å²) in [5.74, 6) is 0. The fourth-order valence-electron chi connectivity index (χ4n) is 4.95. The van der Waals surface area contributed by atoms with Crippen molar-refractivity contribution in [3.8, 4) is 11.1 Å². The summed E-state index contributed by atoms with van der Waals surface area (Å²) in [5.41, 5.74) is 10.0. The molecule has 0 N–H and O–H groups in total. The summed E-state index contributed by atoms with van der Waals surface area (Å²) >= 11 is 0. The van der Waals surface area contributed by atoms with E-state index in [9.17, 15) is 0 Å². The molecule has 2 aliphatic rings. The first kappa shape index (κ1) is 15.8. The molecule has 1 aliphatic carbocycles. The molecule has 1 heterocycles. The van der Waals surface area contributed by atoms with Crippen LogP contribution in [0.15, 0.2) is 60.7 Å². The first-order valence-corrected chi connectivity index (χ1v) is 9.29. The minimum absolute atomic E-state index is 0.190. The molecule has 130 valence electrons. The van der Waals surface area contributed by atoms with Crippen LogP contribution < -0.4 is 0 Å². The van der Waals surface area contributed by atoms with Gasteiger partial charge < -0.3 is 0 Å².